The van der Waals surface area contributed by atoms with Crippen molar-refractivity contribution in [1.29, 1.82) is 0 Å². The van der Waals surface area contributed by atoms with Crippen molar-refractivity contribution in [2.75, 3.05) is 13.1 Å². The highest BCUT2D eigenvalue weighted by atomic mass is 19.4. The number of hydrogen-bond acceptors (Lipinski definition) is 3. The molecule has 0 spiro atoms. The van der Waals surface area contributed by atoms with Gasteiger partial charge < -0.3 is 10.6 Å². The lowest BCUT2D eigenvalue weighted by Gasteiger charge is -2.31. The molecule has 2 rings (SSSR count). The lowest BCUT2D eigenvalue weighted by Crippen LogP contribution is -2.46. The van der Waals surface area contributed by atoms with Crippen molar-refractivity contribution in [3.05, 3.63) is 39.4 Å². The monoisotopic (exact) mass is 302 g/mol. The van der Waals surface area contributed by atoms with E-state index in [0.29, 0.717) is 6.07 Å². The number of nitrogens with zero attached hydrogens (tertiary/aromatic N) is 3. The summed E-state index contributed by atoms with van der Waals surface area (Å²) >= 11 is 0. The first-order valence-electron chi connectivity index (χ1n) is 6.18. The number of rotatable bonds is 3. The van der Waals surface area contributed by atoms with Gasteiger partial charge >= 0.3 is 6.18 Å². The van der Waals surface area contributed by atoms with Gasteiger partial charge in [0.25, 0.3) is 5.69 Å². The van der Waals surface area contributed by atoms with Crippen LogP contribution in [-0.2, 0) is 12.7 Å². The zero-order chi connectivity index (χ0) is 15.6. The van der Waals surface area contributed by atoms with E-state index in [1.807, 2.05) is 0 Å². The molecule has 9 heteroatoms. The lowest BCUT2D eigenvalue weighted by atomic mass is 10.1. The Bertz CT molecular complexity index is 582. The van der Waals surface area contributed by atoms with Gasteiger partial charge in [0.2, 0.25) is 0 Å². The molecule has 0 saturated carbocycles. The minimum absolute atomic E-state index is 0.0972. The van der Waals surface area contributed by atoms with E-state index in [1.165, 1.54) is 0 Å². The van der Waals surface area contributed by atoms with Crippen LogP contribution in [0.3, 0.4) is 0 Å². The molecule has 0 atom stereocenters. The Balaban J connectivity index is 2.25. The van der Waals surface area contributed by atoms with Gasteiger partial charge in [-0.25, -0.2) is 4.99 Å². The third-order valence-corrected chi connectivity index (χ3v) is 3.12. The van der Waals surface area contributed by atoms with Crippen molar-refractivity contribution in [1.82, 2.24) is 4.90 Å². The fourth-order valence-electron chi connectivity index (χ4n) is 1.85. The first-order chi connectivity index (χ1) is 9.77. The Morgan fingerprint density at radius 3 is 2.52 bits per heavy atom. The number of guanidine groups is 1. The second kappa shape index (κ2) is 5.58. The molecule has 1 aliphatic heterocycles. The van der Waals surface area contributed by atoms with Crippen molar-refractivity contribution in [3.8, 4) is 0 Å². The van der Waals surface area contributed by atoms with Crippen LogP contribution in [0.25, 0.3) is 0 Å². The maximum absolute atomic E-state index is 12.7. The largest absolute Gasteiger partial charge is 0.416 e. The highest BCUT2D eigenvalue weighted by Gasteiger charge is 2.32. The molecule has 6 nitrogen and oxygen atoms in total. The summed E-state index contributed by atoms with van der Waals surface area (Å²) in [6.07, 6.45) is -3.65. The zero-order valence-electron chi connectivity index (χ0n) is 10.9. The molecule has 0 unspecified atom stereocenters. The van der Waals surface area contributed by atoms with Gasteiger partial charge in [-0.15, -0.1) is 0 Å². The Morgan fingerprint density at radius 2 is 2.05 bits per heavy atom. The number of hydrogen-bond donors (Lipinski definition) is 1. The fraction of sp³-hybridized carbons (Fsp3) is 0.417. The molecule has 2 N–H and O–H groups in total. The van der Waals surface area contributed by atoms with Gasteiger partial charge in [-0.05, 0) is 18.1 Å². The summed E-state index contributed by atoms with van der Waals surface area (Å²) in [7, 11) is 0. The number of nitro groups is 1. The van der Waals surface area contributed by atoms with E-state index in [9.17, 15) is 23.3 Å². The third kappa shape index (κ3) is 3.61. The number of nitro benzene ring substituents is 1. The molecule has 21 heavy (non-hydrogen) atoms. The molecule has 0 aliphatic carbocycles. The number of aliphatic imine (C=N–C) groups is 1. The van der Waals surface area contributed by atoms with Crippen molar-refractivity contribution in [3.63, 3.8) is 0 Å². The molecule has 1 saturated heterocycles. The first kappa shape index (κ1) is 15.1. The molecule has 0 amide bonds. The van der Waals surface area contributed by atoms with Gasteiger partial charge in [0.1, 0.15) is 0 Å². The van der Waals surface area contributed by atoms with Crippen LogP contribution in [0.5, 0.6) is 0 Å². The van der Waals surface area contributed by atoms with Crippen molar-refractivity contribution in [2.45, 2.75) is 19.1 Å². The Morgan fingerprint density at radius 1 is 1.38 bits per heavy atom. The van der Waals surface area contributed by atoms with Crippen LogP contribution in [-0.4, -0.2) is 28.9 Å². The van der Waals surface area contributed by atoms with Crippen LogP contribution in [0.4, 0.5) is 18.9 Å². The zero-order valence-corrected chi connectivity index (χ0v) is 10.9. The van der Waals surface area contributed by atoms with E-state index >= 15 is 0 Å². The van der Waals surface area contributed by atoms with E-state index in [-0.39, 0.29) is 18.1 Å². The molecule has 1 aliphatic rings. The summed E-state index contributed by atoms with van der Waals surface area (Å²) in [4.78, 5) is 15.6. The third-order valence-electron chi connectivity index (χ3n) is 3.12. The molecule has 1 aromatic carbocycles. The maximum atomic E-state index is 12.7. The van der Waals surface area contributed by atoms with E-state index in [2.05, 4.69) is 4.99 Å². The number of non-ortho nitro benzene ring substituents is 1. The smallest absolute Gasteiger partial charge is 0.370 e. The summed E-state index contributed by atoms with van der Waals surface area (Å²) in [5.74, 6) is 0.237. The van der Waals surface area contributed by atoms with Crippen molar-refractivity contribution in [2.24, 2.45) is 10.7 Å². The second-order valence-electron chi connectivity index (χ2n) is 4.66. The molecule has 1 fully saturated rings. The number of likely N-dealkylation sites (tertiary alicyclic amines) is 1. The van der Waals surface area contributed by atoms with Crippen LogP contribution in [0.2, 0.25) is 0 Å². The quantitative estimate of drug-likeness (QED) is 0.401. The molecule has 0 radical (unpaired) electrons. The number of halogens is 3. The number of nitrogens with two attached hydrogens (primary N) is 1. The predicted molar refractivity (Wildman–Crippen MR) is 69.6 cm³/mol. The highest BCUT2D eigenvalue weighted by molar-refractivity contribution is 5.78. The van der Waals surface area contributed by atoms with Crippen LogP contribution < -0.4 is 5.73 Å². The number of alkyl halides is 3. The van der Waals surface area contributed by atoms with Gasteiger partial charge in [-0.2, -0.15) is 13.2 Å². The molecule has 1 aromatic rings. The second-order valence-corrected chi connectivity index (χ2v) is 4.66. The minimum Gasteiger partial charge on any atom is -0.370 e. The lowest BCUT2D eigenvalue weighted by molar-refractivity contribution is -0.385. The highest BCUT2D eigenvalue weighted by Crippen LogP contribution is 2.32. The van der Waals surface area contributed by atoms with Crippen LogP contribution in [0.1, 0.15) is 17.5 Å². The fourth-order valence-corrected chi connectivity index (χ4v) is 1.85. The average Bonchev–Trinajstić information content (AvgIpc) is 2.32. The molecule has 1 heterocycles. The normalized spacial score (nSPS) is 15.8. The summed E-state index contributed by atoms with van der Waals surface area (Å²) in [5.41, 5.74) is 4.09. The minimum atomic E-state index is -4.65. The summed E-state index contributed by atoms with van der Waals surface area (Å²) < 4.78 is 38.1. The van der Waals surface area contributed by atoms with E-state index in [0.717, 1.165) is 31.6 Å². The van der Waals surface area contributed by atoms with Crippen LogP contribution in [0.15, 0.2) is 23.2 Å². The number of benzene rings is 1. The Labute approximate surface area is 118 Å². The van der Waals surface area contributed by atoms with Gasteiger partial charge in [0.15, 0.2) is 5.96 Å². The molecule has 0 aromatic heterocycles. The molecule has 0 bridgehead atoms. The van der Waals surface area contributed by atoms with Gasteiger partial charge in [-0.3, -0.25) is 10.1 Å². The van der Waals surface area contributed by atoms with Gasteiger partial charge in [0.05, 0.1) is 17.0 Å². The average molecular weight is 302 g/mol. The van der Waals surface area contributed by atoms with E-state index in [4.69, 9.17) is 5.73 Å². The van der Waals surface area contributed by atoms with Crippen molar-refractivity contribution >= 4 is 11.6 Å². The Hall–Kier alpha value is -2.32. The molecule has 114 valence electrons. The maximum Gasteiger partial charge on any atom is 0.416 e. The van der Waals surface area contributed by atoms with Crippen LogP contribution >= 0.6 is 0 Å². The standard InChI is InChI=1S/C12H13F3N4O2/c13-12(14,15)9-4-8(5-10(6-9)19(20)21)7-17-11(16)18-2-1-3-18/h4-6H,1-3,7H2,(H2,16,17). The summed E-state index contributed by atoms with van der Waals surface area (Å²) in [5, 5.41) is 10.7. The first-order valence-corrected chi connectivity index (χ1v) is 6.18. The SMILES string of the molecule is NC(=NCc1cc([N+](=O)[O-])cc(C(F)(F)F)c1)N1CCC1. The van der Waals surface area contributed by atoms with Crippen molar-refractivity contribution < 1.29 is 18.1 Å². The van der Waals surface area contributed by atoms with Crippen LogP contribution in [0, 0.1) is 10.1 Å². The topological polar surface area (TPSA) is 84.8 Å². The van der Waals surface area contributed by atoms with Gasteiger partial charge in [-0.1, -0.05) is 0 Å². The summed E-state index contributed by atoms with van der Waals surface area (Å²) in [6.45, 7) is 1.39. The van der Waals surface area contributed by atoms with E-state index in [1.54, 1.807) is 4.90 Å². The molecular weight excluding hydrogens is 289 g/mol. The molecular formula is C12H13F3N4O2. The predicted octanol–water partition coefficient (Wildman–Crippen LogP) is 2.13. The van der Waals surface area contributed by atoms with E-state index < -0.39 is 22.4 Å². The Kier molecular flexibility index (Phi) is 4.01. The van der Waals surface area contributed by atoms with Gasteiger partial charge in [0, 0.05) is 25.2 Å². The summed E-state index contributed by atoms with van der Waals surface area (Å²) in [6, 6.07) is 2.42.